The van der Waals surface area contributed by atoms with Gasteiger partial charge >= 0.3 is 0 Å². The van der Waals surface area contributed by atoms with E-state index in [9.17, 15) is 0 Å². The molecule has 84 valence electrons. The van der Waals surface area contributed by atoms with Gasteiger partial charge in [-0.25, -0.2) is 0 Å². The molecule has 1 heterocycles. The van der Waals surface area contributed by atoms with Crippen molar-refractivity contribution in [1.29, 1.82) is 5.26 Å². The summed E-state index contributed by atoms with van der Waals surface area (Å²) in [4.78, 5) is 2.32. The number of nitriles is 1. The molecule has 0 aliphatic carbocycles. The van der Waals surface area contributed by atoms with E-state index in [0.29, 0.717) is 12.5 Å². The number of ether oxygens (including phenoxy) is 1. The first-order valence-electron chi connectivity index (χ1n) is 5.26. The van der Waals surface area contributed by atoms with Gasteiger partial charge in [0.2, 0.25) is 0 Å². The molecule has 0 bridgehead atoms. The summed E-state index contributed by atoms with van der Waals surface area (Å²) in [7, 11) is 0. The summed E-state index contributed by atoms with van der Waals surface area (Å²) < 4.78 is 6.31. The number of rotatable bonds is 5. The molecule has 0 aromatic carbocycles. The van der Waals surface area contributed by atoms with Gasteiger partial charge in [-0.2, -0.15) is 5.26 Å². The minimum atomic E-state index is 0.543. The van der Waals surface area contributed by atoms with Gasteiger partial charge in [0.25, 0.3) is 0 Å². The van der Waals surface area contributed by atoms with E-state index in [0.717, 1.165) is 43.6 Å². The van der Waals surface area contributed by atoms with Crippen LogP contribution in [0.3, 0.4) is 0 Å². The zero-order valence-corrected chi connectivity index (χ0v) is 10.5. The predicted molar refractivity (Wildman–Crippen MR) is 63.7 cm³/mol. The van der Waals surface area contributed by atoms with Crippen LogP contribution >= 0.6 is 15.9 Å². The highest BCUT2D eigenvalue weighted by atomic mass is 79.9. The summed E-state index contributed by atoms with van der Waals surface area (Å²) in [5, 5.41) is 8.61. The van der Waals surface area contributed by atoms with Crippen molar-refractivity contribution in [2.45, 2.75) is 25.3 Å². The first-order chi connectivity index (χ1) is 7.24. The molecule has 0 spiro atoms. The van der Waals surface area contributed by atoms with Gasteiger partial charge in [-0.15, -0.1) is 0 Å². The SMILES string of the molecule is C=C(Br)CN(CCC#N)C1CCOCC1. The normalized spacial score (nSPS) is 17.7. The van der Waals surface area contributed by atoms with Crippen molar-refractivity contribution >= 4 is 15.9 Å². The Hall–Kier alpha value is -0.370. The molecule has 1 aliphatic rings. The molecule has 1 saturated heterocycles. The van der Waals surface area contributed by atoms with Crippen LogP contribution in [0.15, 0.2) is 11.1 Å². The van der Waals surface area contributed by atoms with Crippen LogP contribution in [-0.4, -0.2) is 37.2 Å². The fraction of sp³-hybridized carbons (Fsp3) is 0.727. The minimum Gasteiger partial charge on any atom is -0.381 e. The number of nitrogens with zero attached hydrogens (tertiary/aromatic N) is 2. The lowest BCUT2D eigenvalue weighted by Crippen LogP contribution is -2.40. The molecular formula is C11H17BrN2O. The molecule has 0 unspecified atom stereocenters. The Kier molecular flexibility index (Phi) is 5.92. The van der Waals surface area contributed by atoms with E-state index in [1.807, 2.05) is 0 Å². The van der Waals surface area contributed by atoms with Crippen LogP contribution in [0.2, 0.25) is 0 Å². The Balaban J connectivity index is 2.45. The van der Waals surface area contributed by atoms with Crippen molar-refractivity contribution in [2.75, 3.05) is 26.3 Å². The summed E-state index contributed by atoms with van der Waals surface area (Å²) in [6.45, 7) is 7.18. The Morgan fingerprint density at radius 2 is 2.20 bits per heavy atom. The van der Waals surface area contributed by atoms with Crippen LogP contribution in [0.4, 0.5) is 0 Å². The first-order valence-corrected chi connectivity index (χ1v) is 6.05. The van der Waals surface area contributed by atoms with Crippen molar-refractivity contribution in [3.8, 4) is 6.07 Å². The number of halogens is 1. The van der Waals surface area contributed by atoms with Gasteiger partial charge in [0.1, 0.15) is 0 Å². The van der Waals surface area contributed by atoms with Gasteiger partial charge in [-0.3, -0.25) is 4.90 Å². The third-order valence-corrected chi connectivity index (χ3v) is 2.84. The topological polar surface area (TPSA) is 36.3 Å². The average molecular weight is 273 g/mol. The zero-order valence-electron chi connectivity index (χ0n) is 8.91. The average Bonchev–Trinajstić information content (AvgIpc) is 2.25. The maximum Gasteiger partial charge on any atom is 0.0635 e. The van der Waals surface area contributed by atoms with E-state index in [1.54, 1.807) is 0 Å². The van der Waals surface area contributed by atoms with Crippen molar-refractivity contribution in [2.24, 2.45) is 0 Å². The van der Waals surface area contributed by atoms with E-state index >= 15 is 0 Å². The maximum absolute atomic E-state index is 8.61. The summed E-state index contributed by atoms with van der Waals surface area (Å²) in [5.74, 6) is 0. The summed E-state index contributed by atoms with van der Waals surface area (Å²) in [6, 6.07) is 2.74. The van der Waals surface area contributed by atoms with Crippen molar-refractivity contribution in [1.82, 2.24) is 4.90 Å². The van der Waals surface area contributed by atoms with Crippen LogP contribution < -0.4 is 0 Å². The van der Waals surface area contributed by atoms with E-state index in [4.69, 9.17) is 10.00 Å². The minimum absolute atomic E-state index is 0.543. The lowest BCUT2D eigenvalue weighted by atomic mass is 10.1. The number of hydrogen-bond donors (Lipinski definition) is 0. The smallest absolute Gasteiger partial charge is 0.0635 e. The first kappa shape index (κ1) is 12.7. The second-order valence-corrected chi connectivity index (χ2v) is 4.86. The second-order valence-electron chi connectivity index (χ2n) is 3.74. The third kappa shape index (κ3) is 4.78. The van der Waals surface area contributed by atoms with Crippen molar-refractivity contribution in [3.63, 3.8) is 0 Å². The van der Waals surface area contributed by atoms with Gasteiger partial charge in [0.05, 0.1) is 6.07 Å². The molecular weight excluding hydrogens is 256 g/mol. The van der Waals surface area contributed by atoms with Crippen molar-refractivity contribution in [3.05, 3.63) is 11.1 Å². The molecule has 4 heteroatoms. The Labute approximate surface area is 99.8 Å². The van der Waals surface area contributed by atoms with Gasteiger partial charge in [0, 0.05) is 43.2 Å². The molecule has 3 nitrogen and oxygen atoms in total. The van der Waals surface area contributed by atoms with E-state index in [-0.39, 0.29) is 0 Å². The summed E-state index contributed by atoms with van der Waals surface area (Å²) >= 11 is 3.38. The van der Waals surface area contributed by atoms with Gasteiger partial charge < -0.3 is 4.74 Å². The molecule has 0 aromatic heterocycles. The van der Waals surface area contributed by atoms with Crippen LogP contribution in [0.5, 0.6) is 0 Å². The quantitative estimate of drug-likeness (QED) is 0.771. The monoisotopic (exact) mass is 272 g/mol. The molecule has 0 radical (unpaired) electrons. The highest BCUT2D eigenvalue weighted by Crippen LogP contribution is 2.17. The van der Waals surface area contributed by atoms with E-state index in [2.05, 4.69) is 33.5 Å². The molecule has 0 amide bonds. The fourth-order valence-electron chi connectivity index (χ4n) is 1.85. The van der Waals surface area contributed by atoms with Gasteiger partial charge in [-0.1, -0.05) is 22.5 Å². The van der Waals surface area contributed by atoms with Crippen LogP contribution in [0.25, 0.3) is 0 Å². The highest BCUT2D eigenvalue weighted by molar-refractivity contribution is 9.11. The summed E-state index contributed by atoms with van der Waals surface area (Å²) in [5.41, 5.74) is 0. The third-order valence-electron chi connectivity index (χ3n) is 2.59. The van der Waals surface area contributed by atoms with E-state index < -0.39 is 0 Å². The molecule has 1 rings (SSSR count). The molecule has 15 heavy (non-hydrogen) atoms. The van der Waals surface area contributed by atoms with Gasteiger partial charge in [-0.05, 0) is 12.8 Å². The Bertz CT molecular complexity index is 243. The Morgan fingerprint density at radius 1 is 1.53 bits per heavy atom. The molecule has 0 N–H and O–H groups in total. The van der Waals surface area contributed by atoms with Gasteiger partial charge in [0.15, 0.2) is 0 Å². The molecule has 1 aliphatic heterocycles. The zero-order chi connectivity index (χ0) is 11.1. The molecule has 0 aromatic rings. The molecule has 0 atom stereocenters. The Morgan fingerprint density at radius 3 is 2.73 bits per heavy atom. The highest BCUT2D eigenvalue weighted by Gasteiger charge is 2.21. The lowest BCUT2D eigenvalue weighted by Gasteiger charge is -2.33. The van der Waals surface area contributed by atoms with Crippen LogP contribution in [0, 0.1) is 11.3 Å². The van der Waals surface area contributed by atoms with Crippen molar-refractivity contribution < 1.29 is 4.74 Å². The van der Waals surface area contributed by atoms with Crippen LogP contribution in [0.1, 0.15) is 19.3 Å². The molecule has 0 saturated carbocycles. The summed E-state index contributed by atoms with van der Waals surface area (Å²) in [6.07, 6.45) is 2.70. The maximum atomic E-state index is 8.61. The fourth-order valence-corrected chi connectivity index (χ4v) is 2.18. The predicted octanol–water partition coefficient (Wildman–Crippen LogP) is 2.29. The molecule has 1 fully saturated rings. The largest absolute Gasteiger partial charge is 0.381 e. The van der Waals surface area contributed by atoms with E-state index in [1.165, 1.54) is 0 Å². The van der Waals surface area contributed by atoms with Crippen LogP contribution in [-0.2, 0) is 4.74 Å². The number of hydrogen-bond acceptors (Lipinski definition) is 3. The standard InChI is InChI=1S/C11H17BrN2O/c1-10(12)9-14(6-2-5-13)11-3-7-15-8-4-11/h11H,1-4,6-9H2. The lowest BCUT2D eigenvalue weighted by molar-refractivity contribution is 0.0386. The second kappa shape index (κ2) is 7.00.